The lowest BCUT2D eigenvalue weighted by molar-refractivity contribution is -0.140. The van der Waals surface area contributed by atoms with Crippen molar-refractivity contribution in [3.05, 3.63) is 69.2 Å². The van der Waals surface area contributed by atoms with Crippen molar-refractivity contribution in [2.45, 2.75) is 45.8 Å². The van der Waals surface area contributed by atoms with Crippen molar-refractivity contribution >= 4 is 39.3 Å². The summed E-state index contributed by atoms with van der Waals surface area (Å²) in [6.07, 6.45) is 0.213. The Balaban J connectivity index is 2.22. The van der Waals surface area contributed by atoms with Crippen molar-refractivity contribution in [1.29, 1.82) is 0 Å². The average Bonchev–Trinajstić information content (AvgIpc) is 2.60. The molecule has 6 heteroatoms. The number of hydrogen-bond donors (Lipinski definition) is 1. The van der Waals surface area contributed by atoms with E-state index in [0.717, 1.165) is 15.6 Å². The van der Waals surface area contributed by atoms with E-state index < -0.39 is 6.04 Å². The molecule has 0 saturated heterocycles. The Kier molecular flexibility index (Phi) is 7.87. The summed E-state index contributed by atoms with van der Waals surface area (Å²) >= 11 is 9.37. The maximum absolute atomic E-state index is 13.0. The largest absolute Gasteiger partial charge is 0.352 e. The van der Waals surface area contributed by atoms with Crippen LogP contribution in [0.4, 0.5) is 0 Å². The summed E-state index contributed by atoms with van der Waals surface area (Å²) < 4.78 is 0.935. The molecule has 0 saturated carbocycles. The van der Waals surface area contributed by atoms with Gasteiger partial charge in [-0.15, -0.1) is 0 Å². The first-order chi connectivity index (χ1) is 12.8. The summed E-state index contributed by atoms with van der Waals surface area (Å²) in [5.41, 5.74) is 1.82. The first kappa shape index (κ1) is 21.5. The highest BCUT2D eigenvalue weighted by Crippen LogP contribution is 2.17. The number of halogens is 2. The van der Waals surface area contributed by atoms with Gasteiger partial charge in [0.2, 0.25) is 11.8 Å². The fraction of sp³-hybridized carbons (Fsp3) is 0.333. The zero-order valence-electron chi connectivity index (χ0n) is 15.7. The highest BCUT2D eigenvalue weighted by molar-refractivity contribution is 9.10. The highest BCUT2D eigenvalue weighted by atomic mass is 79.9. The molecular weight excluding hydrogens is 428 g/mol. The third-order valence-corrected chi connectivity index (χ3v) is 4.85. The van der Waals surface area contributed by atoms with Crippen LogP contribution in [0.3, 0.4) is 0 Å². The lowest BCUT2D eigenvalue weighted by Crippen LogP contribution is -2.49. The normalized spacial score (nSPS) is 11.9. The van der Waals surface area contributed by atoms with Crippen molar-refractivity contribution < 1.29 is 9.59 Å². The maximum Gasteiger partial charge on any atom is 0.242 e. The van der Waals surface area contributed by atoms with Gasteiger partial charge in [-0.3, -0.25) is 9.59 Å². The van der Waals surface area contributed by atoms with Gasteiger partial charge in [-0.1, -0.05) is 51.8 Å². The van der Waals surface area contributed by atoms with Crippen LogP contribution in [0.15, 0.2) is 53.0 Å². The molecule has 1 unspecified atom stereocenters. The predicted molar refractivity (Wildman–Crippen MR) is 113 cm³/mol. The molecule has 0 radical (unpaired) electrons. The number of hydrogen-bond acceptors (Lipinski definition) is 2. The van der Waals surface area contributed by atoms with Crippen LogP contribution in [0.5, 0.6) is 0 Å². The van der Waals surface area contributed by atoms with Crippen LogP contribution >= 0.6 is 27.5 Å². The first-order valence-corrected chi connectivity index (χ1v) is 10.0. The van der Waals surface area contributed by atoms with Crippen LogP contribution in [0.2, 0.25) is 5.02 Å². The molecule has 0 spiro atoms. The van der Waals surface area contributed by atoms with Crippen LogP contribution in [-0.4, -0.2) is 28.8 Å². The molecule has 144 valence electrons. The zero-order chi connectivity index (χ0) is 20.0. The average molecular weight is 452 g/mol. The lowest BCUT2D eigenvalue weighted by Gasteiger charge is -2.29. The SMILES string of the molecule is CC(C)NC(=O)C(C)N(Cc1cccc(Br)c1)C(=O)Cc1ccc(Cl)cc1. The van der Waals surface area contributed by atoms with E-state index in [-0.39, 0.29) is 24.3 Å². The van der Waals surface area contributed by atoms with Crippen LogP contribution in [0.25, 0.3) is 0 Å². The Hall–Kier alpha value is -1.85. The molecule has 1 N–H and O–H groups in total. The van der Waals surface area contributed by atoms with E-state index in [1.54, 1.807) is 24.0 Å². The molecule has 0 bridgehead atoms. The van der Waals surface area contributed by atoms with Gasteiger partial charge in [0, 0.05) is 22.1 Å². The highest BCUT2D eigenvalue weighted by Gasteiger charge is 2.26. The Morgan fingerprint density at radius 2 is 1.74 bits per heavy atom. The molecule has 27 heavy (non-hydrogen) atoms. The summed E-state index contributed by atoms with van der Waals surface area (Å²) in [4.78, 5) is 27.2. The molecule has 4 nitrogen and oxygen atoms in total. The fourth-order valence-corrected chi connectivity index (χ4v) is 3.27. The number of rotatable bonds is 7. The monoisotopic (exact) mass is 450 g/mol. The van der Waals surface area contributed by atoms with Gasteiger partial charge in [0.05, 0.1) is 6.42 Å². The van der Waals surface area contributed by atoms with E-state index >= 15 is 0 Å². The minimum atomic E-state index is -0.578. The smallest absolute Gasteiger partial charge is 0.242 e. The van der Waals surface area contributed by atoms with Crippen molar-refractivity contribution in [2.75, 3.05) is 0 Å². The quantitative estimate of drug-likeness (QED) is 0.669. The van der Waals surface area contributed by atoms with E-state index in [1.165, 1.54) is 0 Å². The number of nitrogens with one attached hydrogen (secondary N) is 1. The van der Waals surface area contributed by atoms with Crippen molar-refractivity contribution in [2.24, 2.45) is 0 Å². The minimum Gasteiger partial charge on any atom is -0.352 e. The summed E-state index contributed by atoms with van der Waals surface area (Å²) in [6.45, 7) is 5.92. The molecule has 2 aromatic carbocycles. The van der Waals surface area contributed by atoms with E-state index in [4.69, 9.17) is 11.6 Å². The van der Waals surface area contributed by atoms with Gasteiger partial charge in [0.1, 0.15) is 6.04 Å². The maximum atomic E-state index is 13.0. The lowest BCUT2D eigenvalue weighted by atomic mass is 10.1. The van der Waals surface area contributed by atoms with E-state index in [1.807, 2.05) is 50.2 Å². The van der Waals surface area contributed by atoms with E-state index in [0.29, 0.717) is 11.6 Å². The number of carbonyl (C=O) groups is 2. The topological polar surface area (TPSA) is 49.4 Å². The second-order valence-corrected chi connectivity index (χ2v) is 8.15. The molecule has 1 atom stereocenters. The number of carbonyl (C=O) groups excluding carboxylic acids is 2. The molecule has 0 aliphatic rings. The Labute approximate surface area is 174 Å². The second kappa shape index (κ2) is 9.90. The second-order valence-electron chi connectivity index (χ2n) is 6.79. The summed E-state index contributed by atoms with van der Waals surface area (Å²) in [7, 11) is 0. The van der Waals surface area contributed by atoms with Gasteiger partial charge < -0.3 is 10.2 Å². The van der Waals surface area contributed by atoms with E-state index in [2.05, 4.69) is 21.2 Å². The van der Waals surface area contributed by atoms with Gasteiger partial charge in [-0.25, -0.2) is 0 Å². The molecule has 0 aliphatic heterocycles. The van der Waals surface area contributed by atoms with Gasteiger partial charge in [0.15, 0.2) is 0 Å². The van der Waals surface area contributed by atoms with E-state index in [9.17, 15) is 9.59 Å². The van der Waals surface area contributed by atoms with Gasteiger partial charge in [0.25, 0.3) is 0 Å². The predicted octanol–water partition coefficient (Wildman–Crippen LogP) is 4.59. The number of nitrogens with zero attached hydrogens (tertiary/aromatic N) is 1. The molecular formula is C21H24BrClN2O2. The molecule has 2 aromatic rings. The summed E-state index contributed by atoms with van der Waals surface area (Å²) in [6, 6.07) is 14.4. The van der Waals surface area contributed by atoms with Crippen LogP contribution in [0.1, 0.15) is 31.9 Å². The zero-order valence-corrected chi connectivity index (χ0v) is 18.0. The standard InChI is InChI=1S/C21H24BrClN2O2/c1-14(2)24-21(27)15(3)25(13-17-5-4-6-18(22)11-17)20(26)12-16-7-9-19(23)10-8-16/h4-11,14-15H,12-13H2,1-3H3,(H,24,27). The molecule has 0 heterocycles. The molecule has 2 rings (SSSR count). The molecule has 2 amide bonds. The van der Waals surface area contributed by atoms with Crippen LogP contribution in [-0.2, 0) is 22.6 Å². The van der Waals surface area contributed by atoms with Gasteiger partial charge in [-0.05, 0) is 56.2 Å². The van der Waals surface area contributed by atoms with Crippen molar-refractivity contribution in [1.82, 2.24) is 10.2 Å². The summed E-state index contributed by atoms with van der Waals surface area (Å²) in [5, 5.41) is 3.51. The molecule has 0 fully saturated rings. The third kappa shape index (κ3) is 6.67. The van der Waals surface area contributed by atoms with Crippen LogP contribution in [0, 0.1) is 0 Å². The van der Waals surface area contributed by atoms with Crippen molar-refractivity contribution in [3.8, 4) is 0 Å². The van der Waals surface area contributed by atoms with Crippen molar-refractivity contribution in [3.63, 3.8) is 0 Å². The Morgan fingerprint density at radius 1 is 1.07 bits per heavy atom. The molecule has 0 aromatic heterocycles. The van der Waals surface area contributed by atoms with Gasteiger partial charge in [-0.2, -0.15) is 0 Å². The fourth-order valence-electron chi connectivity index (χ4n) is 2.70. The number of amides is 2. The molecule has 0 aliphatic carbocycles. The Morgan fingerprint density at radius 3 is 2.33 bits per heavy atom. The minimum absolute atomic E-state index is 0.0130. The Bertz CT molecular complexity index is 793. The number of benzene rings is 2. The van der Waals surface area contributed by atoms with Crippen LogP contribution < -0.4 is 5.32 Å². The third-order valence-electron chi connectivity index (χ3n) is 4.11. The summed E-state index contributed by atoms with van der Waals surface area (Å²) in [5.74, 6) is -0.270. The first-order valence-electron chi connectivity index (χ1n) is 8.85. The van der Waals surface area contributed by atoms with Gasteiger partial charge >= 0.3 is 0 Å².